The predicted molar refractivity (Wildman–Crippen MR) is 48.5 cm³/mol. The maximum Gasteiger partial charge on any atom is 0.314 e. The molecule has 0 aliphatic rings. The second kappa shape index (κ2) is 4.45. The molecule has 0 spiro atoms. The molecule has 0 rings (SSSR count). The molecular weight excluding hydrogens is 180 g/mol. The molecule has 0 saturated carbocycles. The first kappa shape index (κ1) is 14.0. The molecule has 0 aliphatic carbocycles. The number of aliphatic carboxylic acids is 1. The summed E-state index contributed by atoms with van der Waals surface area (Å²) in [5.74, 6) is -2.21. The molecule has 0 amide bonds. The van der Waals surface area contributed by atoms with E-state index in [0.717, 1.165) is 0 Å². The highest BCUT2D eigenvalue weighted by molar-refractivity contribution is 5.97. The number of carboxylic acids is 1. The third-order valence-electron chi connectivity index (χ3n) is 1.52. The highest BCUT2D eigenvalue weighted by Gasteiger charge is 2.34. The molecule has 3 nitrogen and oxygen atoms in total. The molecule has 1 N–H and O–H groups in total. The van der Waals surface area contributed by atoms with Crippen LogP contribution in [0.2, 0.25) is 0 Å². The van der Waals surface area contributed by atoms with Crippen LogP contribution in [0.5, 0.6) is 0 Å². The third-order valence-corrected chi connectivity index (χ3v) is 1.52. The van der Waals surface area contributed by atoms with Crippen molar-refractivity contribution in [3.05, 3.63) is 0 Å². The number of rotatable bonds is 2. The highest BCUT2D eigenvalue weighted by atomic mass is 35.5. The summed E-state index contributed by atoms with van der Waals surface area (Å²) in [7, 11) is 0. The largest absolute Gasteiger partial charge is 0.481 e. The highest BCUT2D eigenvalue weighted by Crippen LogP contribution is 2.26. The van der Waals surface area contributed by atoms with Crippen LogP contribution in [0.3, 0.4) is 0 Å². The second-order valence-corrected chi connectivity index (χ2v) is 3.75. The molecule has 0 heterocycles. The fourth-order valence-corrected chi connectivity index (χ4v) is 1.15. The summed E-state index contributed by atoms with van der Waals surface area (Å²) in [5, 5.41) is 8.66. The van der Waals surface area contributed by atoms with Crippen molar-refractivity contribution in [2.45, 2.75) is 27.7 Å². The zero-order chi connectivity index (χ0) is 9.23. The van der Waals surface area contributed by atoms with E-state index in [1.807, 2.05) is 0 Å². The van der Waals surface area contributed by atoms with Crippen molar-refractivity contribution in [3.63, 3.8) is 0 Å². The predicted octanol–water partition coefficient (Wildman–Crippen LogP) is 1.74. The molecule has 0 aromatic rings. The second-order valence-electron chi connectivity index (χ2n) is 3.75. The first-order valence-corrected chi connectivity index (χ1v) is 3.50. The van der Waals surface area contributed by atoms with Gasteiger partial charge in [-0.2, -0.15) is 0 Å². The average molecular weight is 195 g/mol. The molecule has 4 heteroatoms. The molecule has 0 aromatic heterocycles. The van der Waals surface area contributed by atoms with Crippen LogP contribution in [0.15, 0.2) is 0 Å². The Morgan fingerprint density at radius 2 is 1.58 bits per heavy atom. The van der Waals surface area contributed by atoms with Gasteiger partial charge in [0.2, 0.25) is 0 Å². The molecular formula is C8H15ClO3. The zero-order valence-corrected chi connectivity index (χ0v) is 8.57. The number of halogens is 1. The van der Waals surface area contributed by atoms with E-state index in [1.54, 1.807) is 20.8 Å². The van der Waals surface area contributed by atoms with E-state index in [1.165, 1.54) is 6.92 Å². The van der Waals surface area contributed by atoms with E-state index in [4.69, 9.17) is 5.11 Å². The minimum Gasteiger partial charge on any atom is -0.481 e. The summed E-state index contributed by atoms with van der Waals surface area (Å²) >= 11 is 0. The lowest BCUT2D eigenvalue weighted by Crippen LogP contribution is -2.33. The van der Waals surface area contributed by atoms with Crippen molar-refractivity contribution >= 4 is 24.2 Å². The number of carbonyl (C=O) groups is 2. The van der Waals surface area contributed by atoms with Gasteiger partial charge in [-0.15, -0.1) is 12.4 Å². The van der Waals surface area contributed by atoms with E-state index < -0.39 is 17.3 Å². The summed E-state index contributed by atoms with van der Waals surface area (Å²) in [6.07, 6.45) is 0. The first-order chi connectivity index (χ1) is 4.76. The molecule has 0 bridgehead atoms. The lowest BCUT2D eigenvalue weighted by atomic mass is 9.78. The Bertz CT molecular complexity index is 167. The molecule has 0 aliphatic heterocycles. The van der Waals surface area contributed by atoms with Gasteiger partial charge in [0.15, 0.2) is 0 Å². The Balaban J connectivity index is 0. The Hall–Kier alpha value is -0.570. The molecule has 0 aromatic carbocycles. The maximum absolute atomic E-state index is 10.9. The monoisotopic (exact) mass is 194 g/mol. The van der Waals surface area contributed by atoms with E-state index in [-0.39, 0.29) is 18.2 Å². The molecule has 0 radical (unpaired) electrons. The Morgan fingerprint density at radius 1 is 1.25 bits per heavy atom. The fourth-order valence-electron chi connectivity index (χ4n) is 1.15. The molecule has 0 saturated heterocycles. The number of Topliss-reactive ketones (excluding diaryl/α,β-unsaturated/α-hetero) is 1. The van der Waals surface area contributed by atoms with Crippen LogP contribution < -0.4 is 0 Å². The van der Waals surface area contributed by atoms with Crippen LogP contribution in [0.1, 0.15) is 27.7 Å². The number of ketones is 1. The van der Waals surface area contributed by atoms with Gasteiger partial charge in [-0.1, -0.05) is 20.8 Å². The third kappa shape index (κ3) is 3.72. The summed E-state index contributed by atoms with van der Waals surface area (Å²) in [6, 6.07) is 0. The van der Waals surface area contributed by atoms with Crippen LogP contribution in [0.4, 0.5) is 0 Å². The topological polar surface area (TPSA) is 54.4 Å². The molecule has 1 atom stereocenters. The Labute approximate surface area is 78.6 Å². The molecule has 12 heavy (non-hydrogen) atoms. The van der Waals surface area contributed by atoms with Crippen LogP contribution in [0.25, 0.3) is 0 Å². The molecule has 72 valence electrons. The van der Waals surface area contributed by atoms with Gasteiger partial charge in [-0.05, 0) is 12.3 Å². The zero-order valence-electron chi connectivity index (χ0n) is 7.75. The van der Waals surface area contributed by atoms with Gasteiger partial charge in [0.05, 0.1) is 0 Å². The van der Waals surface area contributed by atoms with Gasteiger partial charge >= 0.3 is 5.97 Å². The van der Waals surface area contributed by atoms with E-state index in [0.29, 0.717) is 0 Å². The van der Waals surface area contributed by atoms with Gasteiger partial charge in [0.25, 0.3) is 0 Å². The van der Waals surface area contributed by atoms with Crippen molar-refractivity contribution in [1.29, 1.82) is 0 Å². The SMILES string of the molecule is CC(=O)C(C(=O)O)C(C)(C)C.Cl. The number of carbonyl (C=O) groups excluding carboxylic acids is 1. The van der Waals surface area contributed by atoms with Crippen molar-refractivity contribution in [2.75, 3.05) is 0 Å². The smallest absolute Gasteiger partial charge is 0.314 e. The van der Waals surface area contributed by atoms with Gasteiger partial charge in [0.1, 0.15) is 11.7 Å². The minimum absolute atomic E-state index is 0. The quantitative estimate of drug-likeness (QED) is 0.682. The van der Waals surface area contributed by atoms with E-state index >= 15 is 0 Å². The Kier molecular flexibility index (Phi) is 5.19. The first-order valence-electron chi connectivity index (χ1n) is 3.50. The summed E-state index contributed by atoms with van der Waals surface area (Å²) in [6.45, 7) is 6.54. The van der Waals surface area contributed by atoms with Crippen molar-refractivity contribution in [2.24, 2.45) is 11.3 Å². The standard InChI is InChI=1S/C8H14O3.ClH/c1-5(9)6(7(10)11)8(2,3)4;/h6H,1-4H3,(H,10,11);1H. The average Bonchev–Trinajstić information content (AvgIpc) is 1.54. The summed E-state index contributed by atoms with van der Waals surface area (Å²) in [5.41, 5.74) is -0.488. The van der Waals surface area contributed by atoms with Crippen LogP contribution in [-0.2, 0) is 9.59 Å². The maximum atomic E-state index is 10.9. The summed E-state index contributed by atoms with van der Waals surface area (Å²) in [4.78, 5) is 21.4. The van der Waals surface area contributed by atoms with Gasteiger partial charge < -0.3 is 5.11 Å². The van der Waals surface area contributed by atoms with Gasteiger partial charge in [0, 0.05) is 0 Å². The fraction of sp³-hybridized carbons (Fsp3) is 0.750. The van der Waals surface area contributed by atoms with E-state index in [2.05, 4.69) is 0 Å². The van der Waals surface area contributed by atoms with Gasteiger partial charge in [-0.25, -0.2) is 0 Å². The van der Waals surface area contributed by atoms with Crippen molar-refractivity contribution < 1.29 is 14.7 Å². The number of carboxylic acid groups (broad SMARTS) is 1. The van der Waals surface area contributed by atoms with Crippen LogP contribution in [0, 0.1) is 11.3 Å². The van der Waals surface area contributed by atoms with Crippen LogP contribution in [-0.4, -0.2) is 16.9 Å². The normalized spacial score (nSPS) is 13.0. The molecule has 1 unspecified atom stereocenters. The van der Waals surface area contributed by atoms with Gasteiger partial charge in [-0.3, -0.25) is 9.59 Å². The Morgan fingerprint density at radius 3 is 1.58 bits per heavy atom. The lowest BCUT2D eigenvalue weighted by Gasteiger charge is -2.24. The number of hydrogen-bond donors (Lipinski definition) is 1. The van der Waals surface area contributed by atoms with Crippen molar-refractivity contribution in [1.82, 2.24) is 0 Å². The molecule has 0 fully saturated rings. The minimum atomic E-state index is -1.04. The van der Waals surface area contributed by atoms with E-state index in [9.17, 15) is 9.59 Å². The van der Waals surface area contributed by atoms with Crippen molar-refractivity contribution in [3.8, 4) is 0 Å². The summed E-state index contributed by atoms with van der Waals surface area (Å²) < 4.78 is 0. The number of hydrogen-bond acceptors (Lipinski definition) is 2. The lowest BCUT2D eigenvalue weighted by molar-refractivity contribution is -0.150. The van der Waals surface area contributed by atoms with Crippen LogP contribution >= 0.6 is 12.4 Å².